The molecule has 92 valence electrons. The molecule has 0 aromatic carbocycles. The van der Waals surface area contributed by atoms with Crippen LogP contribution in [-0.2, 0) is 13.1 Å². The first kappa shape index (κ1) is 10.8. The van der Waals surface area contributed by atoms with Crippen LogP contribution in [0, 0.1) is 0 Å². The molecule has 3 rings (SSSR count). The monoisotopic (exact) mass is 244 g/mol. The highest BCUT2D eigenvalue weighted by molar-refractivity contribution is 5.94. The summed E-state index contributed by atoms with van der Waals surface area (Å²) in [5, 5.41) is 9.34. The number of carbonyl (C=O) groups excluding carboxylic acids is 1. The molecule has 0 saturated carbocycles. The molecule has 0 unspecified atom stereocenters. The highest BCUT2D eigenvalue weighted by Crippen LogP contribution is 2.15. The zero-order valence-electron chi connectivity index (χ0n) is 9.65. The van der Waals surface area contributed by atoms with E-state index in [1.165, 1.54) is 18.5 Å². The summed E-state index contributed by atoms with van der Waals surface area (Å²) in [6.45, 7) is 1.87. The van der Waals surface area contributed by atoms with Crippen molar-refractivity contribution in [1.82, 2.24) is 19.4 Å². The number of pyridine rings is 1. The van der Waals surface area contributed by atoms with Crippen molar-refractivity contribution in [2.24, 2.45) is 0 Å². The van der Waals surface area contributed by atoms with Crippen molar-refractivity contribution in [1.29, 1.82) is 0 Å². The summed E-state index contributed by atoms with van der Waals surface area (Å²) in [6.07, 6.45) is 6.41. The summed E-state index contributed by atoms with van der Waals surface area (Å²) in [6, 6.07) is 1.43. The molecule has 1 aliphatic rings. The molecule has 0 spiro atoms. The average Bonchev–Trinajstić information content (AvgIpc) is 2.85. The molecule has 6 nitrogen and oxygen atoms in total. The molecular formula is C12H12N4O2. The molecule has 1 N–H and O–H groups in total. The maximum absolute atomic E-state index is 12.2. The summed E-state index contributed by atoms with van der Waals surface area (Å²) in [4.78, 5) is 21.9. The third-order valence-electron chi connectivity index (χ3n) is 3.00. The van der Waals surface area contributed by atoms with Crippen LogP contribution in [0.5, 0.6) is 5.75 Å². The second kappa shape index (κ2) is 4.14. The number of nitrogens with zero attached hydrogens (tertiary/aromatic N) is 4. The smallest absolute Gasteiger partial charge is 0.256 e. The largest absolute Gasteiger partial charge is 0.506 e. The quantitative estimate of drug-likeness (QED) is 0.799. The summed E-state index contributed by atoms with van der Waals surface area (Å²) in [7, 11) is 0. The summed E-state index contributed by atoms with van der Waals surface area (Å²) in [5.41, 5.74) is 0.398. The molecule has 0 saturated heterocycles. The van der Waals surface area contributed by atoms with Crippen LogP contribution >= 0.6 is 0 Å². The van der Waals surface area contributed by atoms with Crippen LogP contribution in [-0.4, -0.2) is 37.0 Å². The van der Waals surface area contributed by atoms with Crippen LogP contribution in [0.2, 0.25) is 0 Å². The van der Waals surface area contributed by atoms with Crippen molar-refractivity contribution in [2.75, 3.05) is 6.54 Å². The van der Waals surface area contributed by atoms with Gasteiger partial charge in [-0.15, -0.1) is 0 Å². The maximum atomic E-state index is 12.2. The van der Waals surface area contributed by atoms with Crippen molar-refractivity contribution < 1.29 is 9.90 Å². The van der Waals surface area contributed by atoms with Crippen molar-refractivity contribution in [3.05, 3.63) is 42.2 Å². The van der Waals surface area contributed by atoms with Crippen LogP contribution in [0.15, 0.2) is 30.9 Å². The molecular weight excluding hydrogens is 232 g/mol. The molecule has 18 heavy (non-hydrogen) atoms. The van der Waals surface area contributed by atoms with Crippen LogP contribution in [0.1, 0.15) is 16.2 Å². The lowest BCUT2D eigenvalue weighted by molar-refractivity contribution is 0.0706. The second-order valence-corrected chi connectivity index (χ2v) is 4.20. The standard InChI is InChI=1S/C12H12N4O2/c17-10-5-9(6-13-7-10)12(18)16-4-3-15-2-1-14-11(15)8-16/h1-2,5-7,17H,3-4,8H2. The number of carbonyl (C=O) groups is 1. The topological polar surface area (TPSA) is 71.2 Å². The van der Waals surface area contributed by atoms with E-state index in [0.717, 1.165) is 12.4 Å². The Kier molecular flexibility index (Phi) is 2.47. The first-order valence-corrected chi connectivity index (χ1v) is 5.67. The van der Waals surface area contributed by atoms with Gasteiger partial charge in [-0.1, -0.05) is 0 Å². The van der Waals surface area contributed by atoms with E-state index < -0.39 is 0 Å². The Morgan fingerprint density at radius 2 is 2.22 bits per heavy atom. The van der Waals surface area contributed by atoms with E-state index in [1.807, 2.05) is 10.8 Å². The van der Waals surface area contributed by atoms with Gasteiger partial charge >= 0.3 is 0 Å². The van der Waals surface area contributed by atoms with E-state index in [0.29, 0.717) is 18.7 Å². The lowest BCUT2D eigenvalue weighted by atomic mass is 10.2. The molecule has 3 heterocycles. The number of imidazole rings is 1. The fourth-order valence-electron chi connectivity index (χ4n) is 2.07. The Balaban J connectivity index is 1.83. The first-order valence-electron chi connectivity index (χ1n) is 5.67. The number of amides is 1. The first-order chi connectivity index (χ1) is 8.74. The molecule has 2 aromatic rings. The number of rotatable bonds is 1. The van der Waals surface area contributed by atoms with Gasteiger partial charge in [0.2, 0.25) is 0 Å². The van der Waals surface area contributed by atoms with Crippen LogP contribution in [0.4, 0.5) is 0 Å². The van der Waals surface area contributed by atoms with E-state index in [9.17, 15) is 9.90 Å². The van der Waals surface area contributed by atoms with Crippen LogP contribution in [0.25, 0.3) is 0 Å². The highest BCUT2D eigenvalue weighted by Gasteiger charge is 2.22. The molecule has 1 aliphatic heterocycles. The van der Waals surface area contributed by atoms with Crippen molar-refractivity contribution in [3.63, 3.8) is 0 Å². The Labute approximate surface area is 104 Å². The Bertz CT molecular complexity index is 593. The lowest BCUT2D eigenvalue weighted by Crippen LogP contribution is -2.38. The van der Waals surface area contributed by atoms with Gasteiger partial charge in [-0.2, -0.15) is 0 Å². The highest BCUT2D eigenvalue weighted by atomic mass is 16.3. The van der Waals surface area contributed by atoms with E-state index in [-0.39, 0.29) is 11.7 Å². The fraction of sp³-hybridized carbons (Fsp3) is 0.250. The Morgan fingerprint density at radius 3 is 3.06 bits per heavy atom. The number of hydrogen-bond donors (Lipinski definition) is 1. The maximum Gasteiger partial charge on any atom is 0.256 e. The normalized spacial score (nSPS) is 14.3. The number of fused-ring (bicyclic) bond motifs is 1. The van der Waals surface area contributed by atoms with Gasteiger partial charge in [-0.25, -0.2) is 4.98 Å². The van der Waals surface area contributed by atoms with E-state index in [2.05, 4.69) is 9.97 Å². The van der Waals surface area contributed by atoms with Crippen LogP contribution < -0.4 is 0 Å². The minimum absolute atomic E-state index is 0.000593. The third-order valence-corrected chi connectivity index (χ3v) is 3.00. The van der Waals surface area contributed by atoms with Crippen molar-refractivity contribution in [2.45, 2.75) is 13.1 Å². The number of aromatic nitrogens is 3. The zero-order chi connectivity index (χ0) is 12.5. The number of hydrogen-bond acceptors (Lipinski definition) is 4. The predicted octanol–water partition coefficient (Wildman–Crippen LogP) is 0.640. The summed E-state index contributed by atoms with van der Waals surface area (Å²) < 4.78 is 2.03. The molecule has 1 amide bonds. The average molecular weight is 244 g/mol. The molecule has 0 atom stereocenters. The lowest BCUT2D eigenvalue weighted by Gasteiger charge is -2.27. The predicted molar refractivity (Wildman–Crippen MR) is 62.9 cm³/mol. The van der Waals surface area contributed by atoms with E-state index in [1.54, 1.807) is 11.1 Å². The van der Waals surface area contributed by atoms with Gasteiger partial charge in [0, 0.05) is 31.7 Å². The SMILES string of the molecule is O=C(c1cncc(O)c1)N1CCn2ccnc2C1. The van der Waals surface area contributed by atoms with Gasteiger partial charge in [0.25, 0.3) is 5.91 Å². The minimum Gasteiger partial charge on any atom is -0.506 e. The van der Waals surface area contributed by atoms with Crippen molar-refractivity contribution >= 4 is 5.91 Å². The van der Waals surface area contributed by atoms with Gasteiger partial charge in [0.1, 0.15) is 11.6 Å². The molecule has 0 aliphatic carbocycles. The Morgan fingerprint density at radius 1 is 1.33 bits per heavy atom. The van der Waals surface area contributed by atoms with Crippen LogP contribution in [0.3, 0.4) is 0 Å². The van der Waals surface area contributed by atoms with E-state index >= 15 is 0 Å². The van der Waals surface area contributed by atoms with Gasteiger partial charge < -0.3 is 14.6 Å². The van der Waals surface area contributed by atoms with Gasteiger partial charge in [-0.05, 0) is 6.07 Å². The van der Waals surface area contributed by atoms with Gasteiger partial charge in [-0.3, -0.25) is 9.78 Å². The molecule has 6 heteroatoms. The zero-order valence-corrected chi connectivity index (χ0v) is 9.65. The van der Waals surface area contributed by atoms with Gasteiger partial charge in [0.15, 0.2) is 0 Å². The molecule has 0 fully saturated rings. The second-order valence-electron chi connectivity index (χ2n) is 4.20. The van der Waals surface area contributed by atoms with Gasteiger partial charge in [0.05, 0.1) is 18.3 Å². The van der Waals surface area contributed by atoms with E-state index in [4.69, 9.17) is 0 Å². The molecule has 0 radical (unpaired) electrons. The number of aromatic hydroxyl groups is 1. The third kappa shape index (κ3) is 1.81. The summed E-state index contributed by atoms with van der Waals surface area (Å²) in [5.74, 6) is 0.745. The molecule has 0 bridgehead atoms. The molecule has 2 aromatic heterocycles. The summed E-state index contributed by atoms with van der Waals surface area (Å²) >= 11 is 0. The fourth-order valence-corrected chi connectivity index (χ4v) is 2.07. The van der Waals surface area contributed by atoms with Crippen molar-refractivity contribution in [3.8, 4) is 5.75 Å². The minimum atomic E-state index is -0.132. The Hall–Kier alpha value is -2.37.